The molecule has 0 spiro atoms. The molecule has 28 heavy (non-hydrogen) atoms. The van der Waals surface area contributed by atoms with E-state index in [2.05, 4.69) is 0 Å². The second-order valence-corrected chi connectivity index (χ2v) is 9.35. The smallest absolute Gasteiger partial charge is 0.502 e. The Morgan fingerprint density at radius 1 is 0.964 bits per heavy atom. The average molecular weight is 455 g/mol. The first-order chi connectivity index (χ1) is 12.5. The van der Waals surface area contributed by atoms with E-state index in [1.165, 1.54) is 6.07 Å². The Bertz CT molecular complexity index is 915. The van der Waals surface area contributed by atoms with Gasteiger partial charge in [-0.15, -0.1) is 0 Å². The molecule has 1 N–H and O–H groups in total. The maximum Gasteiger partial charge on any atom is 0.502 e. The molecule has 1 rings (SSSR count). The van der Waals surface area contributed by atoms with Crippen LogP contribution in [0.4, 0.5) is 32.0 Å². The third-order valence-corrected chi connectivity index (χ3v) is 7.39. The highest BCUT2D eigenvalue weighted by Gasteiger charge is 2.59. The number of halogens is 6. The molecule has 6 nitrogen and oxygen atoms in total. The number of phenols is 1. The molecular formula is C14H15F6NO5S2. The summed E-state index contributed by atoms with van der Waals surface area (Å²) in [5.74, 6) is -0.906. The molecule has 160 valence electrons. The summed E-state index contributed by atoms with van der Waals surface area (Å²) in [5, 5.41) is 9.89. The lowest BCUT2D eigenvalue weighted by molar-refractivity contribution is -0.0443. The van der Waals surface area contributed by atoms with Crippen LogP contribution < -0.4 is 4.90 Å². The molecule has 0 heterocycles. The average Bonchev–Trinajstić information content (AvgIpc) is 2.52. The lowest BCUT2D eigenvalue weighted by atomic mass is 10.1. The Morgan fingerprint density at radius 2 is 1.39 bits per heavy atom. The topological polar surface area (TPSA) is 91.8 Å². The largest absolute Gasteiger partial charge is 0.507 e. The number of sulfone groups is 2. The molecular weight excluding hydrogens is 440 g/mol. The van der Waals surface area contributed by atoms with Crippen molar-refractivity contribution < 1.29 is 48.3 Å². The molecule has 1 aromatic carbocycles. The highest BCUT2D eigenvalue weighted by molar-refractivity contribution is 8.15. The van der Waals surface area contributed by atoms with E-state index in [1.807, 2.05) is 0 Å². The van der Waals surface area contributed by atoms with E-state index >= 15 is 0 Å². The van der Waals surface area contributed by atoms with Crippen molar-refractivity contribution in [3.63, 3.8) is 0 Å². The Balaban J connectivity index is 3.77. The van der Waals surface area contributed by atoms with Gasteiger partial charge in [-0.2, -0.15) is 26.3 Å². The van der Waals surface area contributed by atoms with Gasteiger partial charge in [0.1, 0.15) is 5.75 Å². The van der Waals surface area contributed by atoms with Gasteiger partial charge in [-0.25, -0.2) is 16.8 Å². The molecule has 0 aromatic heterocycles. The van der Waals surface area contributed by atoms with Crippen molar-refractivity contribution in [3.05, 3.63) is 28.0 Å². The molecule has 0 saturated carbocycles. The van der Waals surface area contributed by atoms with Crippen LogP contribution in [0, 0.1) is 0 Å². The number of hydrogen-bond acceptors (Lipinski definition) is 6. The van der Waals surface area contributed by atoms with Gasteiger partial charge in [0, 0.05) is 30.4 Å². The van der Waals surface area contributed by atoms with Gasteiger partial charge in [-0.1, -0.05) is 0 Å². The van der Waals surface area contributed by atoms with E-state index in [9.17, 15) is 48.3 Å². The second kappa shape index (κ2) is 7.81. The minimum atomic E-state index is -6.90. The second-order valence-electron chi connectivity index (χ2n) is 5.28. The molecule has 0 unspecified atom stereocenters. The zero-order valence-electron chi connectivity index (χ0n) is 14.3. The predicted octanol–water partition coefficient (Wildman–Crippen LogP) is 3.41. The van der Waals surface area contributed by atoms with E-state index in [0.717, 1.165) is 12.1 Å². The number of hydrogen-bond donors (Lipinski definition) is 1. The lowest BCUT2D eigenvalue weighted by Crippen LogP contribution is -2.34. The first-order valence-electron chi connectivity index (χ1n) is 7.43. The van der Waals surface area contributed by atoms with E-state index in [0.29, 0.717) is 18.8 Å². The SMILES string of the molecule is CCN(CC)c1ccc(C=C(S(=O)(=O)C(F)(F)F)S(=O)(=O)C(F)(F)F)c(O)c1. The summed E-state index contributed by atoms with van der Waals surface area (Å²) < 4.78 is 119. The van der Waals surface area contributed by atoms with Crippen LogP contribution in [0.3, 0.4) is 0 Å². The molecule has 0 atom stereocenters. The zero-order valence-corrected chi connectivity index (χ0v) is 16.0. The summed E-state index contributed by atoms with van der Waals surface area (Å²) in [6, 6.07) is 2.94. The van der Waals surface area contributed by atoms with Crippen LogP contribution in [0.1, 0.15) is 19.4 Å². The maximum absolute atomic E-state index is 12.7. The molecule has 0 bridgehead atoms. The summed E-state index contributed by atoms with van der Waals surface area (Å²) in [5.41, 5.74) is -13.1. The van der Waals surface area contributed by atoms with Crippen molar-refractivity contribution in [2.24, 2.45) is 0 Å². The normalized spacial score (nSPS) is 13.3. The number of aromatic hydroxyl groups is 1. The highest BCUT2D eigenvalue weighted by atomic mass is 32.3. The van der Waals surface area contributed by atoms with Crippen LogP contribution in [-0.4, -0.2) is 46.0 Å². The summed E-state index contributed by atoms with van der Waals surface area (Å²) in [7, 11) is -13.8. The maximum atomic E-state index is 12.7. The third kappa shape index (κ3) is 4.54. The van der Waals surface area contributed by atoms with Gasteiger partial charge in [-0.05, 0) is 32.1 Å². The molecule has 0 amide bonds. The van der Waals surface area contributed by atoms with Crippen LogP contribution in [0.25, 0.3) is 6.08 Å². The van der Waals surface area contributed by atoms with E-state index < -0.39 is 46.2 Å². The molecule has 1 aromatic rings. The summed E-state index contributed by atoms with van der Waals surface area (Å²) in [6.45, 7) is 4.36. The summed E-state index contributed by atoms with van der Waals surface area (Å²) >= 11 is 0. The molecule has 0 saturated heterocycles. The Kier molecular flexibility index (Phi) is 6.72. The van der Waals surface area contributed by atoms with E-state index in [4.69, 9.17) is 0 Å². The Labute approximate surface area is 156 Å². The van der Waals surface area contributed by atoms with Gasteiger partial charge in [0.2, 0.25) is 0 Å². The first-order valence-corrected chi connectivity index (χ1v) is 10.4. The van der Waals surface area contributed by atoms with Crippen LogP contribution in [0.2, 0.25) is 0 Å². The molecule has 14 heteroatoms. The Hall–Kier alpha value is -1.96. The number of phenolic OH excluding ortho intramolecular Hbond substituents is 1. The quantitative estimate of drug-likeness (QED) is 0.661. The molecule has 0 aliphatic heterocycles. The number of rotatable bonds is 6. The third-order valence-electron chi connectivity index (χ3n) is 3.56. The highest BCUT2D eigenvalue weighted by Crippen LogP contribution is 2.40. The zero-order chi connectivity index (χ0) is 22.1. The van der Waals surface area contributed by atoms with Crippen LogP contribution >= 0.6 is 0 Å². The number of alkyl halides is 6. The van der Waals surface area contributed by atoms with Crippen molar-refractivity contribution in [3.8, 4) is 5.75 Å². The minimum Gasteiger partial charge on any atom is -0.507 e. The van der Waals surface area contributed by atoms with Gasteiger partial charge in [0.15, 0.2) is 4.24 Å². The van der Waals surface area contributed by atoms with Gasteiger partial charge in [-0.3, -0.25) is 0 Å². The van der Waals surface area contributed by atoms with E-state index in [-0.39, 0.29) is 6.08 Å². The van der Waals surface area contributed by atoms with Crippen molar-refractivity contribution in [1.82, 2.24) is 0 Å². The van der Waals surface area contributed by atoms with Crippen LogP contribution in [-0.2, 0) is 19.7 Å². The molecule has 0 fully saturated rings. The van der Waals surface area contributed by atoms with Gasteiger partial charge >= 0.3 is 11.0 Å². The number of nitrogens with zero attached hydrogens (tertiary/aromatic N) is 1. The van der Waals surface area contributed by atoms with Gasteiger partial charge < -0.3 is 10.0 Å². The van der Waals surface area contributed by atoms with Gasteiger partial charge in [0.25, 0.3) is 19.7 Å². The fraction of sp³-hybridized carbons (Fsp3) is 0.429. The number of anilines is 1. The monoisotopic (exact) mass is 455 g/mol. The van der Waals surface area contributed by atoms with Crippen molar-refractivity contribution in [2.75, 3.05) is 18.0 Å². The van der Waals surface area contributed by atoms with Crippen LogP contribution in [0.15, 0.2) is 22.4 Å². The van der Waals surface area contributed by atoms with Gasteiger partial charge in [0.05, 0.1) is 0 Å². The molecule has 0 aliphatic carbocycles. The summed E-state index contributed by atoms with van der Waals surface area (Å²) in [4.78, 5) is 1.66. The number of benzene rings is 1. The fourth-order valence-electron chi connectivity index (χ4n) is 2.09. The predicted molar refractivity (Wildman–Crippen MR) is 89.6 cm³/mol. The standard InChI is InChI=1S/C14H15F6NO5S2/c1-3-21(4-2)10-6-5-9(11(22)8-10)7-12(27(23,24)13(15,16)17)28(25,26)14(18,19)20/h5-8,22H,3-4H2,1-2H3. The first kappa shape index (κ1) is 24.1. The molecule has 0 aliphatic rings. The fourth-order valence-corrected chi connectivity index (χ4v) is 4.84. The lowest BCUT2D eigenvalue weighted by Gasteiger charge is -2.21. The van der Waals surface area contributed by atoms with Crippen molar-refractivity contribution >= 4 is 31.4 Å². The summed E-state index contributed by atoms with van der Waals surface area (Å²) in [6.07, 6.45) is -0.368. The van der Waals surface area contributed by atoms with Crippen LogP contribution in [0.5, 0.6) is 5.75 Å². The minimum absolute atomic E-state index is 0.332. The van der Waals surface area contributed by atoms with Crippen molar-refractivity contribution in [1.29, 1.82) is 0 Å². The Morgan fingerprint density at radius 3 is 1.71 bits per heavy atom. The van der Waals surface area contributed by atoms with Crippen molar-refractivity contribution in [2.45, 2.75) is 24.9 Å². The van der Waals surface area contributed by atoms with E-state index in [1.54, 1.807) is 18.7 Å². The molecule has 0 radical (unpaired) electrons.